The van der Waals surface area contributed by atoms with Crippen LogP contribution in [0.4, 0.5) is 0 Å². The number of aromatic nitrogens is 1. The van der Waals surface area contributed by atoms with Crippen molar-refractivity contribution >= 4 is 17.7 Å². The molecule has 0 aromatic carbocycles. The summed E-state index contributed by atoms with van der Waals surface area (Å²) in [6.45, 7) is 5.11. The predicted molar refractivity (Wildman–Crippen MR) is 59.7 cm³/mol. The van der Waals surface area contributed by atoms with Gasteiger partial charge in [-0.25, -0.2) is 4.98 Å². The quantitative estimate of drug-likeness (QED) is 0.826. The van der Waals surface area contributed by atoms with Gasteiger partial charge in [-0.15, -0.1) is 0 Å². The maximum absolute atomic E-state index is 10.8. The largest absolute Gasteiger partial charge is 0.481 e. The first-order valence-corrected chi connectivity index (χ1v) is 5.88. The Morgan fingerprint density at radius 1 is 1.62 bits per heavy atom. The van der Waals surface area contributed by atoms with Gasteiger partial charge in [0.1, 0.15) is 5.76 Å². The average Bonchev–Trinajstić information content (AvgIpc) is 2.41. The van der Waals surface area contributed by atoms with Crippen LogP contribution in [-0.4, -0.2) is 33.9 Å². The van der Waals surface area contributed by atoms with Gasteiger partial charge in [0.05, 0.1) is 16.9 Å². The molecule has 2 rings (SSSR count). The zero-order valence-corrected chi connectivity index (χ0v) is 10.1. The van der Waals surface area contributed by atoms with Crippen LogP contribution in [0.1, 0.15) is 17.9 Å². The number of aliphatic carboxylic acids is 1. The molecule has 6 heteroatoms. The molecule has 0 saturated carbocycles. The number of hydrogen-bond donors (Lipinski definition) is 2. The summed E-state index contributed by atoms with van der Waals surface area (Å²) in [4.78, 5) is 15.0. The number of hydrogen-bond acceptors (Lipinski definition) is 5. The van der Waals surface area contributed by atoms with Crippen molar-refractivity contribution in [3.63, 3.8) is 0 Å². The molecular formula is C10H14N2O3S. The van der Waals surface area contributed by atoms with E-state index in [4.69, 9.17) is 9.52 Å². The van der Waals surface area contributed by atoms with E-state index in [1.54, 1.807) is 0 Å². The smallest absolute Gasteiger partial charge is 0.304 e. The molecule has 1 aromatic rings. The summed E-state index contributed by atoms with van der Waals surface area (Å²) in [6.07, 6.45) is 0.130. The number of rotatable bonds is 4. The molecule has 1 aromatic heterocycles. The molecule has 16 heavy (non-hydrogen) atoms. The van der Waals surface area contributed by atoms with Crippen molar-refractivity contribution in [1.29, 1.82) is 0 Å². The predicted octanol–water partition coefficient (Wildman–Crippen LogP) is 1.20. The number of oxazole rings is 1. The average molecular weight is 242 g/mol. The van der Waals surface area contributed by atoms with Crippen molar-refractivity contribution < 1.29 is 14.3 Å². The van der Waals surface area contributed by atoms with Crippen molar-refractivity contribution in [2.45, 2.75) is 30.2 Å². The summed E-state index contributed by atoms with van der Waals surface area (Å²) >= 11 is 1.42. The molecule has 0 radical (unpaired) electrons. The maximum Gasteiger partial charge on any atom is 0.304 e. The first kappa shape index (κ1) is 11.5. The van der Waals surface area contributed by atoms with Crippen LogP contribution < -0.4 is 5.32 Å². The van der Waals surface area contributed by atoms with Crippen LogP contribution in [0.5, 0.6) is 0 Å². The van der Waals surface area contributed by atoms with E-state index in [0.717, 1.165) is 11.5 Å². The Kier molecular flexibility index (Phi) is 2.94. The van der Waals surface area contributed by atoms with E-state index in [2.05, 4.69) is 10.3 Å². The van der Waals surface area contributed by atoms with E-state index >= 15 is 0 Å². The molecule has 0 unspecified atom stereocenters. The minimum absolute atomic E-state index is 0.130. The summed E-state index contributed by atoms with van der Waals surface area (Å²) < 4.78 is 5.16. The van der Waals surface area contributed by atoms with Gasteiger partial charge in [0, 0.05) is 13.1 Å². The van der Waals surface area contributed by atoms with E-state index in [-0.39, 0.29) is 11.2 Å². The van der Waals surface area contributed by atoms with E-state index < -0.39 is 5.97 Å². The van der Waals surface area contributed by atoms with Crippen molar-refractivity contribution in [3.8, 4) is 0 Å². The molecular weight excluding hydrogens is 228 g/mol. The summed E-state index contributed by atoms with van der Waals surface area (Å²) in [5.74, 6) is 0.00857. The van der Waals surface area contributed by atoms with Gasteiger partial charge in [-0.3, -0.25) is 4.79 Å². The SMILES string of the molecule is Cc1nc(SC2(CC(=O)O)CNC2)oc1C. The van der Waals surface area contributed by atoms with Gasteiger partial charge in [0.2, 0.25) is 0 Å². The molecule has 1 saturated heterocycles. The fourth-order valence-corrected chi connectivity index (χ4v) is 2.85. The topological polar surface area (TPSA) is 75.4 Å². The lowest BCUT2D eigenvalue weighted by molar-refractivity contribution is -0.138. The van der Waals surface area contributed by atoms with Gasteiger partial charge in [-0.2, -0.15) is 0 Å². The number of nitrogens with zero attached hydrogens (tertiary/aromatic N) is 1. The summed E-state index contributed by atoms with van der Waals surface area (Å²) in [5.41, 5.74) is 0.861. The molecule has 88 valence electrons. The van der Waals surface area contributed by atoms with Gasteiger partial charge >= 0.3 is 5.97 Å². The lowest BCUT2D eigenvalue weighted by Gasteiger charge is -2.39. The zero-order chi connectivity index (χ0) is 11.8. The molecule has 1 aliphatic rings. The van der Waals surface area contributed by atoms with Gasteiger partial charge in [-0.1, -0.05) is 11.8 Å². The molecule has 0 bridgehead atoms. The molecule has 2 N–H and O–H groups in total. The van der Waals surface area contributed by atoms with E-state index in [1.807, 2.05) is 13.8 Å². The third-order valence-corrected chi connectivity index (χ3v) is 3.90. The Balaban J connectivity index is 2.09. The molecule has 0 spiro atoms. The Morgan fingerprint density at radius 3 is 2.69 bits per heavy atom. The Bertz CT molecular complexity index is 393. The minimum atomic E-state index is -0.783. The molecule has 2 heterocycles. The van der Waals surface area contributed by atoms with E-state index in [9.17, 15) is 4.79 Å². The number of carbonyl (C=O) groups is 1. The minimum Gasteiger partial charge on any atom is -0.481 e. The highest BCUT2D eigenvalue weighted by Crippen LogP contribution is 2.38. The number of aryl methyl sites for hydroxylation is 2. The molecule has 1 aliphatic heterocycles. The highest BCUT2D eigenvalue weighted by atomic mass is 32.2. The third kappa shape index (κ3) is 2.22. The van der Waals surface area contributed by atoms with Crippen LogP contribution in [0.15, 0.2) is 9.64 Å². The highest BCUT2D eigenvalue weighted by Gasteiger charge is 2.41. The standard InChI is InChI=1S/C10H14N2O3S/c1-6-7(2)15-9(12-6)16-10(3-8(13)14)4-11-5-10/h11H,3-5H2,1-2H3,(H,13,14). The Morgan fingerprint density at radius 2 is 2.31 bits per heavy atom. The number of thioether (sulfide) groups is 1. The second-order valence-corrected chi connectivity index (χ2v) is 5.50. The molecule has 0 atom stereocenters. The van der Waals surface area contributed by atoms with E-state index in [0.29, 0.717) is 18.3 Å². The van der Waals surface area contributed by atoms with Crippen LogP contribution in [-0.2, 0) is 4.79 Å². The molecule has 5 nitrogen and oxygen atoms in total. The normalized spacial score (nSPS) is 18.1. The van der Waals surface area contributed by atoms with Crippen LogP contribution >= 0.6 is 11.8 Å². The van der Waals surface area contributed by atoms with Crippen LogP contribution in [0.2, 0.25) is 0 Å². The zero-order valence-electron chi connectivity index (χ0n) is 9.24. The van der Waals surface area contributed by atoms with Gasteiger partial charge in [0.25, 0.3) is 5.22 Å². The first-order chi connectivity index (χ1) is 7.51. The Labute approximate surface area is 97.6 Å². The molecule has 0 amide bonds. The highest BCUT2D eigenvalue weighted by molar-refractivity contribution is 8.00. The van der Waals surface area contributed by atoms with Crippen molar-refractivity contribution in [3.05, 3.63) is 11.5 Å². The van der Waals surface area contributed by atoms with Crippen molar-refractivity contribution in [2.75, 3.05) is 13.1 Å². The lowest BCUT2D eigenvalue weighted by atomic mass is 9.98. The Hall–Kier alpha value is -1.01. The van der Waals surface area contributed by atoms with Crippen molar-refractivity contribution in [1.82, 2.24) is 10.3 Å². The van der Waals surface area contributed by atoms with Crippen molar-refractivity contribution in [2.24, 2.45) is 0 Å². The molecule has 0 aliphatic carbocycles. The van der Waals surface area contributed by atoms with Gasteiger partial charge in [-0.05, 0) is 13.8 Å². The second-order valence-electron chi connectivity index (χ2n) is 4.08. The molecule has 1 fully saturated rings. The fourth-order valence-electron chi connectivity index (χ4n) is 1.58. The van der Waals surface area contributed by atoms with E-state index in [1.165, 1.54) is 11.8 Å². The van der Waals surface area contributed by atoms with Crippen LogP contribution in [0.25, 0.3) is 0 Å². The third-order valence-electron chi connectivity index (χ3n) is 2.68. The summed E-state index contributed by atoms with van der Waals surface area (Å²) in [5, 5.41) is 12.5. The second kappa shape index (κ2) is 4.10. The fraction of sp³-hybridized carbons (Fsp3) is 0.600. The van der Waals surface area contributed by atoms with Gasteiger partial charge in [0.15, 0.2) is 0 Å². The number of carboxylic acids is 1. The summed E-state index contributed by atoms with van der Waals surface area (Å²) in [7, 11) is 0. The maximum atomic E-state index is 10.8. The van der Waals surface area contributed by atoms with Crippen LogP contribution in [0.3, 0.4) is 0 Å². The number of carboxylic acid groups (broad SMARTS) is 1. The van der Waals surface area contributed by atoms with Crippen LogP contribution in [0, 0.1) is 13.8 Å². The summed E-state index contributed by atoms with van der Waals surface area (Å²) in [6, 6.07) is 0. The van der Waals surface area contributed by atoms with Gasteiger partial charge < -0.3 is 14.8 Å². The number of nitrogens with one attached hydrogen (secondary N) is 1. The lowest BCUT2D eigenvalue weighted by Crippen LogP contribution is -2.57. The monoisotopic (exact) mass is 242 g/mol. The first-order valence-electron chi connectivity index (χ1n) is 5.06.